The lowest BCUT2D eigenvalue weighted by atomic mass is 10.1. The van der Waals surface area contributed by atoms with Crippen molar-refractivity contribution in [2.24, 2.45) is 0 Å². The maximum Gasteiger partial charge on any atom is 0.228 e. The Morgan fingerprint density at radius 1 is 0.967 bits per heavy atom. The molecule has 0 aliphatic carbocycles. The van der Waals surface area contributed by atoms with Gasteiger partial charge in [-0.1, -0.05) is 0 Å². The van der Waals surface area contributed by atoms with Crippen LogP contribution in [0.4, 0.5) is 11.9 Å². The molecular weight excluding hydrogens is 384 g/mol. The SMILES string of the molecule is Nc1ncc(-c2nc(N3CC4CCC(C3)O4)nc3c2cnn3C2CCCCO2)cn1. The number of anilines is 2. The molecule has 30 heavy (non-hydrogen) atoms. The van der Waals surface area contributed by atoms with Crippen LogP contribution in [0.15, 0.2) is 18.6 Å². The Morgan fingerprint density at radius 3 is 2.50 bits per heavy atom. The van der Waals surface area contributed by atoms with Gasteiger partial charge in [-0.15, -0.1) is 0 Å². The van der Waals surface area contributed by atoms with E-state index < -0.39 is 0 Å². The molecular formula is C20H24N8O2. The van der Waals surface area contributed by atoms with E-state index in [1.54, 1.807) is 12.4 Å². The van der Waals surface area contributed by atoms with Crippen LogP contribution in [0.5, 0.6) is 0 Å². The van der Waals surface area contributed by atoms with E-state index in [1.807, 2.05) is 10.9 Å². The van der Waals surface area contributed by atoms with Gasteiger partial charge in [0.15, 0.2) is 11.9 Å². The number of hydrogen-bond acceptors (Lipinski definition) is 9. The van der Waals surface area contributed by atoms with Crippen molar-refractivity contribution in [3.05, 3.63) is 18.6 Å². The number of hydrogen-bond donors (Lipinski definition) is 1. The average molecular weight is 408 g/mol. The van der Waals surface area contributed by atoms with Crippen molar-refractivity contribution < 1.29 is 9.47 Å². The molecule has 3 atom stereocenters. The van der Waals surface area contributed by atoms with Crippen LogP contribution >= 0.6 is 0 Å². The molecule has 6 heterocycles. The van der Waals surface area contributed by atoms with Crippen molar-refractivity contribution in [3.63, 3.8) is 0 Å². The van der Waals surface area contributed by atoms with E-state index in [0.717, 1.165) is 74.1 Å². The molecule has 2 N–H and O–H groups in total. The minimum absolute atomic E-state index is 0.101. The van der Waals surface area contributed by atoms with Crippen LogP contribution in [-0.4, -0.2) is 61.6 Å². The van der Waals surface area contributed by atoms with Gasteiger partial charge in [-0.05, 0) is 32.1 Å². The number of rotatable bonds is 3. The van der Waals surface area contributed by atoms with E-state index >= 15 is 0 Å². The molecule has 6 rings (SSSR count). The van der Waals surface area contributed by atoms with Crippen LogP contribution in [0.2, 0.25) is 0 Å². The van der Waals surface area contributed by atoms with Gasteiger partial charge in [-0.3, -0.25) is 0 Å². The molecule has 3 aliphatic rings. The molecule has 3 fully saturated rings. The standard InChI is InChI=1S/C20H24N8O2/c21-19-22-7-12(8-23-19)17-15-9-24-28(16-3-1-2-6-29-16)18(15)26-20(25-17)27-10-13-4-5-14(11-27)30-13/h7-9,13-14,16H,1-6,10-11H2,(H2,21,22,23). The molecule has 0 radical (unpaired) electrons. The van der Waals surface area contributed by atoms with Gasteiger partial charge in [0, 0.05) is 37.7 Å². The second-order valence-electron chi connectivity index (χ2n) is 8.21. The molecule has 3 saturated heterocycles. The summed E-state index contributed by atoms with van der Waals surface area (Å²) in [4.78, 5) is 20.4. The predicted molar refractivity (Wildman–Crippen MR) is 110 cm³/mol. The minimum atomic E-state index is -0.101. The van der Waals surface area contributed by atoms with Gasteiger partial charge in [-0.2, -0.15) is 10.1 Å². The third kappa shape index (κ3) is 3.07. The van der Waals surface area contributed by atoms with Crippen molar-refractivity contribution in [2.75, 3.05) is 30.3 Å². The molecule has 0 spiro atoms. The van der Waals surface area contributed by atoms with Crippen molar-refractivity contribution >= 4 is 22.9 Å². The van der Waals surface area contributed by atoms with Crippen LogP contribution in [-0.2, 0) is 9.47 Å². The van der Waals surface area contributed by atoms with Crippen LogP contribution < -0.4 is 10.6 Å². The van der Waals surface area contributed by atoms with Crippen molar-refractivity contribution in [3.8, 4) is 11.3 Å². The first-order chi connectivity index (χ1) is 14.7. The highest BCUT2D eigenvalue weighted by Crippen LogP contribution is 2.33. The molecule has 3 aromatic heterocycles. The molecule has 0 saturated carbocycles. The maximum absolute atomic E-state index is 6.00. The first-order valence-corrected chi connectivity index (χ1v) is 10.6. The third-order valence-corrected chi connectivity index (χ3v) is 6.14. The Hall–Kier alpha value is -2.85. The molecule has 2 bridgehead atoms. The fourth-order valence-corrected chi connectivity index (χ4v) is 4.64. The minimum Gasteiger partial charge on any atom is -0.371 e. The summed E-state index contributed by atoms with van der Waals surface area (Å²) in [6.07, 6.45) is 10.9. The van der Waals surface area contributed by atoms with Gasteiger partial charge in [0.05, 0.1) is 29.5 Å². The van der Waals surface area contributed by atoms with Gasteiger partial charge in [0.25, 0.3) is 0 Å². The van der Waals surface area contributed by atoms with Crippen molar-refractivity contribution in [2.45, 2.75) is 50.5 Å². The van der Waals surface area contributed by atoms with Crippen LogP contribution in [0.25, 0.3) is 22.3 Å². The lowest BCUT2D eigenvalue weighted by molar-refractivity contribution is -0.0370. The normalized spacial score (nSPS) is 26.4. The fraction of sp³-hybridized carbons (Fsp3) is 0.550. The zero-order chi connectivity index (χ0) is 20.1. The second-order valence-corrected chi connectivity index (χ2v) is 8.21. The summed E-state index contributed by atoms with van der Waals surface area (Å²) >= 11 is 0. The fourth-order valence-electron chi connectivity index (χ4n) is 4.64. The topological polar surface area (TPSA) is 117 Å². The van der Waals surface area contributed by atoms with Crippen LogP contribution in [0, 0.1) is 0 Å². The Balaban J connectivity index is 1.49. The number of nitrogens with zero attached hydrogens (tertiary/aromatic N) is 7. The van der Waals surface area contributed by atoms with Gasteiger partial charge >= 0.3 is 0 Å². The number of nitrogens with two attached hydrogens (primary N) is 1. The summed E-state index contributed by atoms with van der Waals surface area (Å²) in [5.41, 5.74) is 8.02. The number of morpholine rings is 1. The predicted octanol–water partition coefficient (Wildman–Crippen LogP) is 1.93. The molecule has 3 unspecified atom stereocenters. The van der Waals surface area contributed by atoms with Gasteiger partial charge in [0.2, 0.25) is 11.9 Å². The Kier molecular flexibility index (Phi) is 4.27. The Morgan fingerprint density at radius 2 is 1.77 bits per heavy atom. The first-order valence-electron chi connectivity index (χ1n) is 10.6. The monoisotopic (exact) mass is 408 g/mol. The highest BCUT2D eigenvalue weighted by molar-refractivity contribution is 5.91. The summed E-state index contributed by atoms with van der Waals surface area (Å²) in [6.45, 7) is 2.34. The number of ether oxygens (including phenoxy) is 2. The van der Waals surface area contributed by atoms with Gasteiger partial charge < -0.3 is 20.1 Å². The van der Waals surface area contributed by atoms with E-state index in [9.17, 15) is 0 Å². The van der Waals surface area contributed by atoms with Crippen molar-refractivity contribution in [1.82, 2.24) is 29.7 Å². The molecule has 0 aromatic carbocycles. The molecule has 10 heteroatoms. The van der Waals surface area contributed by atoms with E-state index in [4.69, 9.17) is 25.2 Å². The number of aromatic nitrogens is 6. The van der Waals surface area contributed by atoms with E-state index in [0.29, 0.717) is 5.95 Å². The molecule has 0 amide bonds. The summed E-state index contributed by atoms with van der Waals surface area (Å²) < 4.78 is 13.9. The van der Waals surface area contributed by atoms with E-state index in [1.165, 1.54) is 0 Å². The molecule has 3 aliphatic heterocycles. The van der Waals surface area contributed by atoms with Crippen LogP contribution in [0.1, 0.15) is 38.3 Å². The van der Waals surface area contributed by atoms with Gasteiger partial charge in [0.1, 0.15) is 0 Å². The summed E-state index contributed by atoms with van der Waals surface area (Å²) in [6, 6.07) is 0. The number of fused-ring (bicyclic) bond motifs is 3. The highest BCUT2D eigenvalue weighted by atomic mass is 16.5. The molecule has 10 nitrogen and oxygen atoms in total. The average Bonchev–Trinajstić information content (AvgIpc) is 3.36. The smallest absolute Gasteiger partial charge is 0.228 e. The van der Waals surface area contributed by atoms with E-state index in [-0.39, 0.29) is 24.4 Å². The van der Waals surface area contributed by atoms with Crippen LogP contribution in [0.3, 0.4) is 0 Å². The summed E-state index contributed by atoms with van der Waals surface area (Å²) in [5.74, 6) is 0.924. The lowest BCUT2D eigenvalue weighted by Crippen LogP contribution is -2.43. The Labute approximate surface area is 173 Å². The first kappa shape index (κ1) is 18.0. The largest absolute Gasteiger partial charge is 0.371 e. The zero-order valence-corrected chi connectivity index (χ0v) is 16.6. The van der Waals surface area contributed by atoms with E-state index in [2.05, 4.69) is 20.0 Å². The number of nitrogen functional groups attached to an aromatic ring is 1. The quantitative estimate of drug-likeness (QED) is 0.693. The molecule has 3 aromatic rings. The summed E-state index contributed by atoms with van der Waals surface area (Å²) in [7, 11) is 0. The maximum atomic E-state index is 6.00. The summed E-state index contributed by atoms with van der Waals surface area (Å²) in [5, 5.41) is 5.49. The zero-order valence-electron chi connectivity index (χ0n) is 16.6. The van der Waals surface area contributed by atoms with Gasteiger partial charge in [-0.25, -0.2) is 19.6 Å². The Bertz CT molecular complexity index is 1050. The third-order valence-electron chi connectivity index (χ3n) is 6.14. The lowest BCUT2D eigenvalue weighted by Gasteiger charge is -2.32. The van der Waals surface area contributed by atoms with Crippen molar-refractivity contribution in [1.29, 1.82) is 0 Å². The molecule has 156 valence electrons. The highest BCUT2D eigenvalue weighted by Gasteiger charge is 2.35. The second kappa shape index (κ2) is 7.13.